The molecule has 1 aliphatic carbocycles. The highest BCUT2D eigenvalue weighted by Gasteiger charge is 2.54. The minimum Gasteiger partial charge on any atom is -0.316 e. The first-order valence-electron chi connectivity index (χ1n) is 3.85. The Labute approximate surface area is 63.3 Å². The van der Waals surface area contributed by atoms with Gasteiger partial charge in [-0.25, -0.2) is 6.57 Å². The van der Waals surface area contributed by atoms with Crippen LogP contribution in [0.2, 0.25) is 0 Å². The molecular formula is C9H15N. The number of hydrogen-bond acceptors (Lipinski definition) is 0. The molecule has 0 radical (unpaired) electrons. The third-order valence-corrected chi connectivity index (χ3v) is 2.83. The highest BCUT2D eigenvalue weighted by molar-refractivity contribution is 5.05. The molecule has 0 unspecified atom stereocenters. The fraction of sp³-hybridized carbons (Fsp3) is 0.889. The smallest absolute Gasteiger partial charge is 0.220 e. The van der Waals surface area contributed by atoms with E-state index in [0.717, 1.165) is 6.54 Å². The second kappa shape index (κ2) is 1.99. The van der Waals surface area contributed by atoms with Crippen molar-refractivity contribution in [3.05, 3.63) is 11.4 Å². The Morgan fingerprint density at radius 1 is 1.40 bits per heavy atom. The topological polar surface area (TPSA) is 4.36 Å². The van der Waals surface area contributed by atoms with Gasteiger partial charge in [0.05, 0.1) is 0 Å². The molecule has 1 nitrogen and oxygen atoms in total. The van der Waals surface area contributed by atoms with E-state index in [1.165, 1.54) is 12.8 Å². The second-order valence-corrected chi connectivity index (χ2v) is 4.35. The summed E-state index contributed by atoms with van der Waals surface area (Å²) in [7, 11) is 0. The van der Waals surface area contributed by atoms with Crippen LogP contribution in [0.25, 0.3) is 4.85 Å². The van der Waals surface area contributed by atoms with Crippen LogP contribution < -0.4 is 0 Å². The quantitative estimate of drug-likeness (QED) is 0.489. The molecule has 0 amide bonds. The van der Waals surface area contributed by atoms with E-state index in [9.17, 15) is 0 Å². The molecule has 1 heteroatoms. The van der Waals surface area contributed by atoms with Gasteiger partial charge in [-0.1, -0.05) is 20.8 Å². The van der Waals surface area contributed by atoms with Crippen LogP contribution in [0.1, 0.15) is 33.6 Å². The van der Waals surface area contributed by atoms with Crippen molar-refractivity contribution in [3.8, 4) is 0 Å². The molecule has 0 heterocycles. The summed E-state index contributed by atoms with van der Waals surface area (Å²) in [4.78, 5) is 3.49. The normalized spacial score (nSPS) is 21.8. The van der Waals surface area contributed by atoms with Gasteiger partial charge in [-0.05, 0) is 18.3 Å². The van der Waals surface area contributed by atoms with Gasteiger partial charge in [-0.3, -0.25) is 0 Å². The summed E-state index contributed by atoms with van der Waals surface area (Å²) < 4.78 is 0. The summed E-state index contributed by atoms with van der Waals surface area (Å²) in [5.74, 6) is 0. The lowest BCUT2D eigenvalue weighted by atomic mass is 9.78. The molecule has 1 saturated carbocycles. The maximum absolute atomic E-state index is 6.80. The lowest BCUT2D eigenvalue weighted by Gasteiger charge is -2.25. The Bertz CT molecular complexity index is 164. The molecule has 0 aromatic rings. The Morgan fingerprint density at radius 2 is 1.90 bits per heavy atom. The standard InChI is InChI=1S/C9H15N/c1-8(2,3)9(5-6-9)7-10-4/h5-7H2,1-3H3. The van der Waals surface area contributed by atoms with Crippen molar-refractivity contribution in [2.24, 2.45) is 10.8 Å². The van der Waals surface area contributed by atoms with E-state index in [4.69, 9.17) is 6.57 Å². The molecule has 0 bridgehead atoms. The average Bonchev–Trinajstić information content (AvgIpc) is 2.45. The minimum absolute atomic E-state index is 0.345. The van der Waals surface area contributed by atoms with Crippen LogP contribution in [0.4, 0.5) is 0 Å². The SMILES string of the molecule is [C-]#[N+]CC1(C(C)(C)C)CC1. The maximum atomic E-state index is 6.80. The van der Waals surface area contributed by atoms with Crippen LogP contribution >= 0.6 is 0 Å². The van der Waals surface area contributed by atoms with Gasteiger partial charge in [0.2, 0.25) is 6.54 Å². The van der Waals surface area contributed by atoms with Gasteiger partial charge in [0.1, 0.15) is 0 Å². The monoisotopic (exact) mass is 137 g/mol. The summed E-state index contributed by atoms with van der Waals surface area (Å²) in [6.45, 7) is 14.3. The Kier molecular flexibility index (Phi) is 1.51. The van der Waals surface area contributed by atoms with E-state index >= 15 is 0 Å². The number of hydrogen-bond donors (Lipinski definition) is 0. The first kappa shape index (κ1) is 7.60. The van der Waals surface area contributed by atoms with Gasteiger partial charge in [0, 0.05) is 5.41 Å². The van der Waals surface area contributed by atoms with E-state index in [2.05, 4.69) is 25.6 Å². The van der Waals surface area contributed by atoms with Crippen LogP contribution in [0.15, 0.2) is 0 Å². The zero-order valence-electron chi connectivity index (χ0n) is 7.07. The largest absolute Gasteiger partial charge is 0.316 e. The molecule has 0 N–H and O–H groups in total. The van der Waals surface area contributed by atoms with Crippen molar-refractivity contribution >= 4 is 0 Å². The summed E-state index contributed by atoms with van der Waals surface area (Å²) in [5, 5.41) is 0. The molecule has 0 atom stereocenters. The molecule has 1 fully saturated rings. The molecule has 0 aliphatic heterocycles. The van der Waals surface area contributed by atoms with Crippen molar-refractivity contribution in [1.82, 2.24) is 0 Å². The zero-order valence-corrected chi connectivity index (χ0v) is 7.07. The van der Waals surface area contributed by atoms with Crippen molar-refractivity contribution in [3.63, 3.8) is 0 Å². The van der Waals surface area contributed by atoms with Crippen molar-refractivity contribution < 1.29 is 0 Å². The predicted molar refractivity (Wildman–Crippen MR) is 42.6 cm³/mol. The fourth-order valence-corrected chi connectivity index (χ4v) is 1.45. The average molecular weight is 137 g/mol. The molecule has 10 heavy (non-hydrogen) atoms. The molecule has 0 saturated heterocycles. The molecular weight excluding hydrogens is 122 g/mol. The molecule has 1 rings (SSSR count). The van der Waals surface area contributed by atoms with E-state index in [-0.39, 0.29) is 0 Å². The van der Waals surface area contributed by atoms with Gasteiger partial charge < -0.3 is 4.85 Å². The highest BCUT2D eigenvalue weighted by atomic mass is 14.7. The van der Waals surface area contributed by atoms with E-state index in [0.29, 0.717) is 10.8 Å². The van der Waals surface area contributed by atoms with Crippen LogP contribution in [0.5, 0.6) is 0 Å². The van der Waals surface area contributed by atoms with E-state index in [1.54, 1.807) is 0 Å². The first-order valence-corrected chi connectivity index (χ1v) is 3.85. The fourth-order valence-electron chi connectivity index (χ4n) is 1.45. The minimum atomic E-state index is 0.345. The lowest BCUT2D eigenvalue weighted by molar-refractivity contribution is 0.232. The van der Waals surface area contributed by atoms with Gasteiger partial charge in [-0.2, -0.15) is 0 Å². The Balaban J connectivity index is 2.63. The highest BCUT2D eigenvalue weighted by Crippen LogP contribution is 2.58. The van der Waals surface area contributed by atoms with Gasteiger partial charge in [0.15, 0.2) is 0 Å². The third kappa shape index (κ3) is 1.03. The van der Waals surface area contributed by atoms with E-state index in [1.807, 2.05) is 0 Å². The number of nitrogens with zero attached hydrogens (tertiary/aromatic N) is 1. The maximum Gasteiger partial charge on any atom is 0.220 e. The van der Waals surface area contributed by atoms with E-state index < -0.39 is 0 Å². The first-order chi connectivity index (χ1) is 4.52. The van der Waals surface area contributed by atoms with Crippen LogP contribution in [0, 0.1) is 17.4 Å². The number of rotatable bonds is 1. The van der Waals surface area contributed by atoms with Crippen LogP contribution in [-0.4, -0.2) is 6.54 Å². The Hall–Kier alpha value is -0.510. The molecule has 0 spiro atoms. The molecule has 1 aliphatic rings. The molecule has 56 valence electrons. The van der Waals surface area contributed by atoms with Crippen molar-refractivity contribution in [1.29, 1.82) is 0 Å². The third-order valence-electron chi connectivity index (χ3n) is 2.83. The second-order valence-electron chi connectivity index (χ2n) is 4.35. The van der Waals surface area contributed by atoms with Crippen LogP contribution in [-0.2, 0) is 0 Å². The van der Waals surface area contributed by atoms with Gasteiger partial charge >= 0.3 is 0 Å². The van der Waals surface area contributed by atoms with Crippen molar-refractivity contribution in [2.75, 3.05) is 6.54 Å². The lowest BCUT2D eigenvalue weighted by Crippen LogP contribution is -2.24. The predicted octanol–water partition coefficient (Wildman–Crippen LogP) is 2.73. The summed E-state index contributed by atoms with van der Waals surface area (Å²) in [5.41, 5.74) is 0.728. The zero-order chi connectivity index (χ0) is 7.83. The summed E-state index contributed by atoms with van der Waals surface area (Å²) >= 11 is 0. The summed E-state index contributed by atoms with van der Waals surface area (Å²) in [6.07, 6.45) is 2.53. The molecule has 0 aromatic carbocycles. The Morgan fingerprint density at radius 3 is 2.00 bits per heavy atom. The molecule has 0 aromatic heterocycles. The van der Waals surface area contributed by atoms with Gasteiger partial charge in [0.25, 0.3) is 0 Å². The van der Waals surface area contributed by atoms with Crippen LogP contribution in [0.3, 0.4) is 0 Å². The van der Waals surface area contributed by atoms with Crippen molar-refractivity contribution in [2.45, 2.75) is 33.6 Å². The summed E-state index contributed by atoms with van der Waals surface area (Å²) in [6, 6.07) is 0. The van der Waals surface area contributed by atoms with Gasteiger partial charge in [-0.15, -0.1) is 0 Å².